The quantitative estimate of drug-likeness (QED) is 0.559. The minimum absolute atomic E-state index is 0.104. The van der Waals surface area contributed by atoms with Gasteiger partial charge < -0.3 is 14.5 Å². The molecule has 1 fully saturated rings. The predicted molar refractivity (Wildman–Crippen MR) is 115 cm³/mol. The van der Waals surface area contributed by atoms with Gasteiger partial charge in [-0.1, -0.05) is 24.3 Å². The lowest BCUT2D eigenvalue weighted by Crippen LogP contribution is -2.48. The lowest BCUT2D eigenvalue weighted by molar-refractivity contribution is 0.0626. The zero-order chi connectivity index (χ0) is 20.3. The summed E-state index contributed by atoms with van der Waals surface area (Å²) >= 11 is 0. The Morgan fingerprint density at radius 3 is 2.50 bits per heavy atom. The number of rotatable bonds is 5. The van der Waals surface area contributed by atoms with Crippen LogP contribution in [0.5, 0.6) is 0 Å². The molecule has 4 aromatic rings. The van der Waals surface area contributed by atoms with Gasteiger partial charge in [0.1, 0.15) is 5.82 Å². The van der Waals surface area contributed by atoms with Crippen LogP contribution in [0.25, 0.3) is 11.0 Å². The van der Waals surface area contributed by atoms with Gasteiger partial charge in [-0.05, 0) is 29.8 Å². The molecule has 0 bridgehead atoms. The Kier molecular flexibility index (Phi) is 5.03. The number of nitrogens with one attached hydrogen (secondary N) is 1. The molecule has 1 aliphatic heterocycles. The summed E-state index contributed by atoms with van der Waals surface area (Å²) < 4.78 is 2.01. The molecule has 0 unspecified atom stereocenters. The van der Waals surface area contributed by atoms with Crippen molar-refractivity contribution >= 4 is 16.9 Å². The van der Waals surface area contributed by atoms with Crippen molar-refractivity contribution in [1.29, 1.82) is 0 Å². The summed E-state index contributed by atoms with van der Waals surface area (Å²) in [6, 6.07) is 16.0. The Labute approximate surface area is 175 Å². The van der Waals surface area contributed by atoms with E-state index in [1.54, 1.807) is 12.5 Å². The molecule has 2 aromatic heterocycles. The molecule has 0 spiro atoms. The van der Waals surface area contributed by atoms with Crippen molar-refractivity contribution in [2.45, 2.75) is 13.1 Å². The maximum absolute atomic E-state index is 12.9. The van der Waals surface area contributed by atoms with Crippen molar-refractivity contribution in [3.8, 4) is 0 Å². The van der Waals surface area contributed by atoms with Gasteiger partial charge in [0, 0.05) is 50.7 Å². The molecule has 1 aliphatic rings. The van der Waals surface area contributed by atoms with Gasteiger partial charge in [-0.25, -0.2) is 9.97 Å². The second kappa shape index (κ2) is 8.12. The predicted octanol–water partition coefficient (Wildman–Crippen LogP) is 2.77. The summed E-state index contributed by atoms with van der Waals surface area (Å²) in [5.41, 5.74) is 3.96. The van der Waals surface area contributed by atoms with Crippen LogP contribution < -0.4 is 0 Å². The molecule has 0 radical (unpaired) electrons. The number of benzene rings is 2. The highest BCUT2D eigenvalue weighted by molar-refractivity contribution is 5.94. The van der Waals surface area contributed by atoms with Crippen molar-refractivity contribution in [3.05, 3.63) is 84.2 Å². The van der Waals surface area contributed by atoms with Crippen molar-refractivity contribution < 1.29 is 4.79 Å². The van der Waals surface area contributed by atoms with E-state index in [4.69, 9.17) is 0 Å². The van der Waals surface area contributed by atoms with Gasteiger partial charge in [0.15, 0.2) is 0 Å². The molecular formula is C23H24N6O. The molecule has 7 heteroatoms. The number of fused-ring (bicyclic) bond motifs is 1. The molecule has 1 saturated heterocycles. The number of nitrogens with zero attached hydrogens (tertiary/aromatic N) is 5. The van der Waals surface area contributed by atoms with E-state index in [1.807, 2.05) is 64.2 Å². The largest absolute Gasteiger partial charge is 0.341 e. The molecule has 30 heavy (non-hydrogen) atoms. The molecule has 0 aliphatic carbocycles. The Balaban J connectivity index is 1.16. The number of aromatic amines is 1. The van der Waals surface area contributed by atoms with E-state index in [-0.39, 0.29) is 5.91 Å². The second-order valence-electron chi connectivity index (χ2n) is 7.70. The summed E-state index contributed by atoms with van der Waals surface area (Å²) in [7, 11) is 0. The fourth-order valence-corrected chi connectivity index (χ4v) is 3.93. The Morgan fingerprint density at radius 1 is 0.967 bits per heavy atom. The van der Waals surface area contributed by atoms with E-state index < -0.39 is 0 Å². The van der Waals surface area contributed by atoms with E-state index in [0.717, 1.165) is 67.3 Å². The van der Waals surface area contributed by atoms with Crippen molar-refractivity contribution in [2.24, 2.45) is 0 Å². The van der Waals surface area contributed by atoms with Crippen molar-refractivity contribution in [3.63, 3.8) is 0 Å². The van der Waals surface area contributed by atoms with Crippen LogP contribution in [0.1, 0.15) is 21.7 Å². The van der Waals surface area contributed by atoms with Crippen LogP contribution >= 0.6 is 0 Å². The smallest absolute Gasteiger partial charge is 0.253 e. The third-order valence-corrected chi connectivity index (χ3v) is 5.60. The number of para-hydroxylation sites is 2. The van der Waals surface area contributed by atoms with E-state index in [2.05, 4.69) is 19.9 Å². The molecule has 7 nitrogen and oxygen atoms in total. The van der Waals surface area contributed by atoms with Gasteiger partial charge in [0.2, 0.25) is 0 Å². The summed E-state index contributed by atoms with van der Waals surface area (Å²) in [5, 5.41) is 0. The van der Waals surface area contributed by atoms with Crippen LogP contribution in [0.15, 0.2) is 67.3 Å². The van der Waals surface area contributed by atoms with E-state index >= 15 is 0 Å². The van der Waals surface area contributed by atoms with Crippen LogP contribution in [0.2, 0.25) is 0 Å². The van der Waals surface area contributed by atoms with Crippen LogP contribution in [-0.2, 0) is 13.1 Å². The van der Waals surface area contributed by atoms with Gasteiger partial charge in [-0.3, -0.25) is 9.69 Å². The van der Waals surface area contributed by atoms with E-state index in [0.29, 0.717) is 0 Å². The zero-order valence-electron chi connectivity index (χ0n) is 16.7. The fourth-order valence-electron chi connectivity index (χ4n) is 3.93. The first-order chi connectivity index (χ1) is 14.7. The van der Waals surface area contributed by atoms with Gasteiger partial charge in [-0.2, -0.15) is 0 Å². The highest BCUT2D eigenvalue weighted by atomic mass is 16.2. The van der Waals surface area contributed by atoms with Gasteiger partial charge in [0.05, 0.1) is 23.9 Å². The molecule has 3 heterocycles. The number of carbonyl (C=O) groups is 1. The Bertz CT molecular complexity index is 1090. The average Bonchev–Trinajstić information content (AvgIpc) is 3.43. The van der Waals surface area contributed by atoms with Gasteiger partial charge in [-0.15, -0.1) is 0 Å². The summed E-state index contributed by atoms with van der Waals surface area (Å²) in [6.45, 7) is 4.70. The fraction of sp³-hybridized carbons (Fsp3) is 0.261. The molecule has 1 N–H and O–H groups in total. The lowest BCUT2D eigenvalue weighted by atomic mass is 10.1. The molecular weight excluding hydrogens is 376 g/mol. The first kappa shape index (κ1) is 18.6. The molecule has 0 atom stereocenters. The van der Waals surface area contributed by atoms with Crippen LogP contribution in [0.3, 0.4) is 0 Å². The third kappa shape index (κ3) is 3.97. The van der Waals surface area contributed by atoms with Gasteiger partial charge in [0.25, 0.3) is 5.91 Å². The maximum atomic E-state index is 12.9. The molecule has 5 rings (SSSR count). The first-order valence-electron chi connectivity index (χ1n) is 10.2. The number of hydrogen-bond acceptors (Lipinski definition) is 4. The highest BCUT2D eigenvalue weighted by Gasteiger charge is 2.22. The van der Waals surface area contributed by atoms with Crippen LogP contribution in [-0.4, -0.2) is 61.4 Å². The maximum Gasteiger partial charge on any atom is 0.253 e. The molecule has 152 valence electrons. The van der Waals surface area contributed by atoms with Crippen molar-refractivity contribution in [1.82, 2.24) is 29.3 Å². The van der Waals surface area contributed by atoms with E-state index in [1.165, 1.54) is 0 Å². The number of H-pyrrole nitrogens is 1. The van der Waals surface area contributed by atoms with E-state index in [9.17, 15) is 4.79 Å². The number of hydrogen-bond donors (Lipinski definition) is 1. The molecule has 2 aromatic carbocycles. The van der Waals surface area contributed by atoms with Crippen LogP contribution in [0.4, 0.5) is 0 Å². The Morgan fingerprint density at radius 2 is 1.77 bits per heavy atom. The Hall–Kier alpha value is -3.45. The summed E-state index contributed by atoms with van der Waals surface area (Å²) in [5.74, 6) is 1.08. The van der Waals surface area contributed by atoms with Crippen molar-refractivity contribution in [2.75, 3.05) is 26.2 Å². The standard InChI is InChI=1S/C23H24N6O/c30-23(19-7-5-18(6-8-19)15-28-10-9-24-17-28)29-13-11-27(12-14-29)16-22-25-20-3-1-2-4-21(20)26-22/h1-10,17H,11-16H2,(H,25,26). The van der Waals surface area contributed by atoms with Gasteiger partial charge >= 0.3 is 0 Å². The number of imidazole rings is 2. The zero-order valence-corrected chi connectivity index (χ0v) is 16.7. The summed E-state index contributed by atoms with van der Waals surface area (Å²) in [4.78, 5) is 29.3. The average molecular weight is 400 g/mol. The molecule has 0 saturated carbocycles. The first-order valence-corrected chi connectivity index (χ1v) is 10.2. The monoisotopic (exact) mass is 400 g/mol. The minimum Gasteiger partial charge on any atom is -0.341 e. The normalized spacial score (nSPS) is 15.0. The van der Waals surface area contributed by atoms with Crippen LogP contribution in [0, 0.1) is 0 Å². The second-order valence-corrected chi connectivity index (χ2v) is 7.70. The minimum atomic E-state index is 0.104. The lowest BCUT2D eigenvalue weighted by Gasteiger charge is -2.34. The topological polar surface area (TPSA) is 70.1 Å². The highest BCUT2D eigenvalue weighted by Crippen LogP contribution is 2.15. The number of piperazine rings is 1. The third-order valence-electron chi connectivity index (χ3n) is 5.60. The summed E-state index contributed by atoms with van der Waals surface area (Å²) in [6.07, 6.45) is 5.50. The number of aromatic nitrogens is 4. The number of amides is 1. The number of carbonyl (C=O) groups excluding carboxylic acids is 1. The molecule has 1 amide bonds. The SMILES string of the molecule is O=C(c1ccc(Cn2ccnc2)cc1)N1CCN(Cc2nc3ccccc3[nH]2)CC1.